The molecule has 364 valence electrons. The predicted octanol–water partition coefficient (Wildman–Crippen LogP) is 13.1. The van der Waals surface area contributed by atoms with Gasteiger partial charge in [-0.15, -0.1) is 13.2 Å². The van der Waals surface area contributed by atoms with Crippen LogP contribution in [-0.4, -0.2) is 65.8 Å². The largest absolute Gasteiger partial charge is 0.412 e. The number of unbranched alkanes of at least 4 members (excludes halogenated alkanes) is 1. The highest BCUT2D eigenvalue weighted by Crippen LogP contribution is 2.35. The highest BCUT2D eigenvalue weighted by atomic mass is 16.7. The normalized spacial score (nSPS) is 19.6. The number of benzene rings is 1. The lowest BCUT2D eigenvalue weighted by atomic mass is 9.77. The molecule has 0 saturated heterocycles. The van der Waals surface area contributed by atoms with E-state index in [9.17, 15) is 14.7 Å². The maximum atomic E-state index is 14.2. The van der Waals surface area contributed by atoms with E-state index in [1.54, 1.807) is 0 Å². The van der Waals surface area contributed by atoms with Crippen molar-refractivity contribution in [3.05, 3.63) is 85.5 Å². The van der Waals surface area contributed by atoms with Gasteiger partial charge in [0.15, 0.2) is 5.78 Å². The van der Waals surface area contributed by atoms with E-state index in [2.05, 4.69) is 65.1 Å². The maximum Gasteiger partial charge on any atom is 0.156 e. The van der Waals surface area contributed by atoms with Gasteiger partial charge in [0.2, 0.25) is 0 Å². The van der Waals surface area contributed by atoms with Gasteiger partial charge in [0.1, 0.15) is 11.4 Å². The second-order valence-electron chi connectivity index (χ2n) is 17.8. The van der Waals surface area contributed by atoms with E-state index in [-0.39, 0.29) is 65.2 Å². The van der Waals surface area contributed by atoms with Crippen molar-refractivity contribution in [3.8, 4) is 0 Å². The second kappa shape index (κ2) is 36.5. The van der Waals surface area contributed by atoms with Gasteiger partial charge in [-0.25, -0.2) is 0 Å². The van der Waals surface area contributed by atoms with Crippen molar-refractivity contribution in [1.29, 1.82) is 0 Å². The highest BCUT2D eigenvalue weighted by Gasteiger charge is 2.40. The monoisotopic (exact) mass is 884 g/mol. The van der Waals surface area contributed by atoms with Crippen molar-refractivity contribution in [3.63, 3.8) is 0 Å². The van der Waals surface area contributed by atoms with Crippen molar-refractivity contribution in [2.45, 2.75) is 196 Å². The maximum absolute atomic E-state index is 14.2. The van der Waals surface area contributed by atoms with E-state index in [1.807, 2.05) is 91.0 Å². The first-order valence-corrected chi connectivity index (χ1v) is 24.8. The molecule has 0 aromatic heterocycles. The Balaban J connectivity index is 0. The number of hydrogen-bond donors (Lipinski definition) is 2. The van der Waals surface area contributed by atoms with E-state index in [1.165, 1.54) is 19.3 Å². The topological polar surface area (TPSA) is 126 Å². The van der Waals surface area contributed by atoms with Crippen LogP contribution in [0.4, 0.5) is 0 Å². The van der Waals surface area contributed by atoms with Crippen LogP contribution in [0.1, 0.15) is 184 Å². The third-order valence-electron chi connectivity index (χ3n) is 12.4. The summed E-state index contributed by atoms with van der Waals surface area (Å²) in [7, 11) is 0. The third kappa shape index (κ3) is 23.9. The molecule has 6 unspecified atom stereocenters. The quantitative estimate of drug-likeness (QED) is 0.0466. The predicted molar refractivity (Wildman–Crippen MR) is 268 cm³/mol. The van der Waals surface area contributed by atoms with Crippen LogP contribution >= 0.6 is 0 Å². The number of allylic oxidation sites excluding steroid dienone is 3. The number of Topliss-reactive ketones (excluding diaryl/α,β-unsaturated/α-hetero) is 2. The van der Waals surface area contributed by atoms with Crippen LogP contribution in [0, 0.1) is 29.6 Å². The zero-order valence-corrected chi connectivity index (χ0v) is 42.3. The summed E-state index contributed by atoms with van der Waals surface area (Å²) >= 11 is 0. The van der Waals surface area contributed by atoms with Crippen LogP contribution in [0.2, 0.25) is 0 Å². The summed E-state index contributed by atoms with van der Waals surface area (Å²) in [5.74, 6) is 0.476. The number of nitrogens with one attached hydrogen (secondary N) is 1. The molecule has 3 rings (SSSR count). The van der Waals surface area contributed by atoms with E-state index in [4.69, 9.17) is 14.3 Å². The van der Waals surface area contributed by atoms with Crippen molar-refractivity contribution in [1.82, 2.24) is 5.48 Å². The first kappa shape index (κ1) is 62.4. The fourth-order valence-corrected chi connectivity index (χ4v) is 8.54. The van der Waals surface area contributed by atoms with Crippen molar-refractivity contribution < 1.29 is 34.5 Å². The molecular formula is C55H97NO7. The Bertz CT molecular complexity index is 1370. The molecule has 0 spiro atoms. The standard InChI is InChI=1S/C47H73NO6.C4H10.2C2H6.H2O/c1-9-12-28-43(47(8,51)34-52-30-20-26-40(49)31-42(35(4)5)37-21-15-13-16-22-37)36(6)32-53-33-39-25-19-27-41(39)45(50)44(38-23-17-14-18-24-38)48-54-46(7,11-3)29-10-2;1-3-4-2;2*1-2;/h9,11,13,15-16,19,21-22,25,36,38-39,41-44,48,51H,1,3-4,10,12,14,17-18,20,23-24,26-34H2,2,5-8H3;3-4H2,1-2H3;2*1-2H3;1H2/t36?,39-,41?,42+,43?,44?,46?,47?;;;;/m0..../s1. The van der Waals surface area contributed by atoms with E-state index >= 15 is 0 Å². The van der Waals surface area contributed by atoms with Crippen LogP contribution in [0.15, 0.2) is 79.9 Å². The number of aliphatic hydroxyl groups is 1. The minimum Gasteiger partial charge on any atom is -0.412 e. The number of ketones is 2. The first-order chi connectivity index (χ1) is 29.8. The fourth-order valence-electron chi connectivity index (χ4n) is 8.54. The summed E-state index contributed by atoms with van der Waals surface area (Å²) in [4.78, 5) is 33.4. The number of rotatable bonds is 29. The van der Waals surface area contributed by atoms with Crippen LogP contribution in [0.3, 0.4) is 0 Å². The minimum atomic E-state index is -1.09. The summed E-state index contributed by atoms with van der Waals surface area (Å²) in [6.07, 6.45) is 21.7. The van der Waals surface area contributed by atoms with Gasteiger partial charge in [-0.3, -0.25) is 14.4 Å². The van der Waals surface area contributed by atoms with Gasteiger partial charge in [0.25, 0.3) is 0 Å². The van der Waals surface area contributed by atoms with Crippen LogP contribution in [0.5, 0.6) is 0 Å². The molecule has 0 radical (unpaired) electrons. The lowest BCUT2D eigenvalue weighted by molar-refractivity contribution is -0.141. The third-order valence-corrected chi connectivity index (χ3v) is 12.4. The SMILES string of the molecule is C=CCCC(C(C)COC[C@@H]1C=CCC1C(=O)C(NOC(C)(C=C)CCC)C1CCCCC1)C(C)(O)COCCCC(=O)C[C@H](C(=C)C)c1ccccc1.CC.CC.CCCC.O. The zero-order chi connectivity index (χ0) is 47.0. The Hall–Kier alpha value is -2.72. The van der Waals surface area contributed by atoms with Gasteiger partial charge in [0, 0.05) is 43.8 Å². The summed E-state index contributed by atoms with van der Waals surface area (Å²) in [6, 6.07) is 9.70. The molecule has 0 heterocycles. The zero-order valence-electron chi connectivity index (χ0n) is 42.3. The lowest BCUT2D eigenvalue weighted by Gasteiger charge is -2.37. The fraction of sp³-hybridized carbons (Fsp3) is 0.709. The van der Waals surface area contributed by atoms with Crippen molar-refractivity contribution >= 4 is 11.6 Å². The molecule has 1 aromatic rings. The molecule has 2 aliphatic rings. The number of carbonyl (C=O) groups is 2. The Morgan fingerprint density at radius 3 is 2.16 bits per heavy atom. The first-order valence-electron chi connectivity index (χ1n) is 24.8. The molecule has 4 N–H and O–H groups in total. The van der Waals surface area contributed by atoms with Crippen molar-refractivity contribution in [2.75, 3.05) is 26.4 Å². The Morgan fingerprint density at radius 2 is 1.60 bits per heavy atom. The molecule has 8 atom stereocenters. The lowest BCUT2D eigenvalue weighted by Crippen LogP contribution is -2.50. The van der Waals surface area contributed by atoms with Gasteiger partial charge in [-0.2, -0.15) is 5.48 Å². The minimum absolute atomic E-state index is 0. The summed E-state index contributed by atoms with van der Waals surface area (Å²) in [5.41, 5.74) is 3.76. The molecule has 1 saturated carbocycles. The van der Waals surface area contributed by atoms with Crippen molar-refractivity contribution in [2.24, 2.45) is 29.6 Å². The number of hydroxylamine groups is 1. The molecule has 0 bridgehead atoms. The average Bonchev–Trinajstić information content (AvgIpc) is 3.76. The smallest absolute Gasteiger partial charge is 0.156 e. The summed E-state index contributed by atoms with van der Waals surface area (Å²) < 4.78 is 12.4. The van der Waals surface area contributed by atoms with Crippen LogP contribution < -0.4 is 5.48 Å². The number of carbonyl (C=O) groups excluding carboxylic acids is 2. The Morgan fingerprint density at radius 1 is 0.968 bits per heavy atom. The van der Waals surface area contributed by atoms with Crippen LogP contribution in [0.25, 0.3) is 0 Å². The highest BCUT2D eigenvalue weighted by molar-refractivity contribution is 5.87. The van der Waals surface area contributed by atoms with Gasteiger partial charge < -0.3 is 20.1 Å². The number of hydrogen-bond acceptors (Lipinski definition) is 7. The van der Waals surface area contributed by atoms with Gasteiger partial charge in [0.05, 0.1) is 24.9 Å². The molecule has 1 aromatic carbocycles. The van der Waals surface area contributed by atoms with Gasteiger partial charge in [-0.05, 0) is 89.0 Å². The molecule has 8 nitrogen and oxygen atoms in total. The molecule has 8 heteroatoms. The van der Waals surface area contributed by atoms with Gasteiger partial charge >= 0.3 is 0 Å². The van der Waals surface area contributed by atoms with E-state index in [0.29, 0.717) is 45.5 Å². The Labute approximate surface area is 387 Å². The van der Waals surface area contributed by atoms with Gasteiger partial charge in [-0.1, -0.05) is 161 Å². The molecule has 0 aliphatic heterocycles. The van der Waals surface area contributed by atoms with Crippen LogP contribution in [-0.2, 0) is 23.9 Å². The summed E-state index contributed by atoms with van der Waals surface area (Å²) in [6.45, 7) is 36.0. The number of ether oxygens (including phenoxy) is 2. The molecule has 1 fully saturated rings. The van der Waals surface area contributed by atoms with E-state index < -0.39 is 11.2 Å². The second-order valence-corrected chi connectivity index (χ2v) is 17.8. The molecule has 0 amide bonds. The molecule has 63 heavy (non-hydrogen) atoms. The average molecular weight is 884 g/mol. The summed E-state index contributed by atoms with van der Waals surface area (Å²) in [5, 5.41) is 11.7. The Kier molecular flexibility index (Phi) is 36.1. The van der Waals surface area contributed by atoms with E-state index in [0.717, 1.165) is 62.5 Å². The molecular weight excluding hydrogens is 787 g/mol. The molecule has 2 aliphatic carbocycles.